The Morgan fingerprint density at radius 1 is 0.565 bits per heavy atom. The zero-order valence-electron chi connectivity index (χ0n) is 23.0. The minimum atomic E-state index is -1.53. The molecule has 2 aromatic carbocycles. The molecule has 2 aliphatic carbocycles. The lowest BCUT2D eigenvalue weighted by Gasteiger charge is -2.12. The predicted molar refractivity (Wildman–Crippen MR) is 161 cm³/mol. The van der Waals surface area contributed by atoms with E-state index in [0.717, 1.165) is 36.4 Å². The zero-order valence-corrected chi connectivity index (χ0v) is 23.0. The van der Waals surface area contributed by atoms with Crippen molar-refractivity contribution < 1.29 is 59.4 Å². The van der Waals surface area contributed by atoms with Crippen molar-refractivity contribution in [2.45, 2.75) is 0 Å². The molecule has 0 amide bonds. The van der Waals surface area contributed by atoms with Gasteiger partial charge in [0.2, 0.25) is 0 Å². The van der Waals surface area contributed by atoms with Crippen LogP contribution in [0, 0.1) is 0 Å². The van der Waals surface area contributed by atoms with Gasteiger partial charge < -0.3 is 30.6 Å². The highest BCUT2D eigenvalue weighted by atomic mass is 16.4. The van der Waals surface area contributed by atoms with Crippen LogP contribution in [0.3, 0.4) is 0 Å². The summed E-state index contributed by atoms with van der Waals surface area (Å²) in [7, 11) is 0. The average molecular weight is 629 g/mol. The summed E-state index contributed by atoms with van der Waals surface area (Å²) < 4.78 is 0. The Labute approximate surface area is 256 Å². The van der Waals surface area contributed by atoms with Crippen LogP contribution in [0.1, 0.15) is 31.8 Å². The maximum atomic E-state index is 12.0. The molecule has 0 heterocycles. The molecule has 0 atom stereocenters. The quantitative estimate of drug-likeness (QED) is 0.107. The number of benzene rings is 2. The number of nitrogens with one attached hydrogen (secondary N) is 2. The van der Waals surface area contributed by atoms with Gasteiger partial charge in [0.25, 0.3) is 0 Å². The Morgan fingerprint density at radius 2 is 0.935 bits per heavy atom. The molecule has 0 saturated carbocycles. The summed E-state index contributed by atoms with van der Waals surface area (Å²) in [6.07, 6.45) is 5.70. The molecule has 0 aromatic heterocycles. The minimum Gasteiger partial charge on any atom is -0.505 e. The molecular weight excluding hydrogens is 608 g/mol. The number of carboxylic acid groups (broad SMARTS) is 4. The lowest BCUT2D eigenvalue weighted by molar-refractivity contribution is -0.133. The number of carboxylic acids is 4. The molecule has 0 radical (unpaired) electrons. The van der Waals surface area contributed by atoms with Gasteiger partial charge in [0.15, 0.2) is 11.6 Å². The third-order valence-electron chi connectivity index (χ3n) is 6.19. The van der Waals surface area contributed by atoms with Gasteiger partial charge in [0.1, 0.15) is 22.9 Å². The van der Waals surface area contributed by atoms with E-state index in [1.165, 1.54) is 36.4 Å². The molecule has 0 bridgehead atoms. The van der Waals surface area contributed by atoms with E-state index < -0.39 is 69.5 Å². The van der Waals surface area contributed by atoms with E-state index in [0.29, 0.717) is 0 Å². The number of hydrogen-bond acceptors (Lipinski definition) is 12. The van der Waals surface area contributed by atoms with Crippen LogP contribution in [0.15, 0.2) is 93.6 Å². The predicted octanol–water partition coefficient (Wildman–Crippen LogP) is 2.86. The van der Waals surface area contributed by atoms with Gasteiger partial charge >= 0.3 is 23.9 Å². The number of carbonyl (C=O) groups excluding carboxylic acids is 2. The number of aliphatic carboxylic acids is 2. The van der Waals surface area contributed by atoms with E-state index in [9.17, 15) is 59.4 Å². The van der Waals surface area contributed by atoms with E-state index in [1.54, 1.807) is 0 Å². The van der Waals surface area contributed by atoms with Crippen molar-refractivity contribution in [3.8, 4) is 0 Å². The fourth-order valence-electron chi connectivity index (χ4n) is 4.08. The number of anilines is 2. The number of carbonyl (C=O) groups is 6. The van der Waals surface area contributed by atoms with Crippen molar-refractivity contribution in [1.29, 1.82) is 0 Å². The first kappa shape index (κ1) is 31.8. The molecule has 0 saturated heterocycles. The molecule has 46 heavy (non-hydrogen) atoms. The Balaban J connectivity index is 1.60. The van der Waals surface area contributed by atoms with Crippen LogP contribution in [0.5, 0.6) is 0 Å². The van der Waals surface area contributed by atoms with Crippen molar-refractivity contribution >= 4 is 70.4 Å². The second-order valence-electron chi connectivity index (χ2n) is 9.28. The standard InChI is InChI=1S/C30H20N4O12/c35-17-9-21(29(43)44)25(23(37)11-17)33-31-15-5-3-13(19(7-15)27(39)40)1-2-14-4-6-16(8-20(14)28(41)42)32-34-26-22(30(45)46)10-18(36)12-24(26)38/h1-12,31-32,37-38H,(H,39,40)(H,41,42)(H,43,44)(H,45,46)/b2-1+,33-25-,34-26-. The van der Waals surface area contributed by atoms with Crippen LogP contribution in [0.25, 0.3) is 12.2 Å². The average Bonchev–Trinajstić information content (AvgIpc) is 2.98. The summed E-state index contributed by atoms with van der Waals surface area (Å²) >= 11 is 0. The molecule has 16 nitrogen and oxygen atoms in total. The summed E-state index contributed by atoms with van der Waals surface area (Å²) in [4.78, 5) is 69.9. The van der Waals surface area contributed by atoms with Crippen LogP contribution >= 0.6 is 0 Å². The fraction of sp³-hybridized carbons (Fsp3) is 0. The van der Waals surface area contributed by atoms with E-state index >= 15 is 0 Å². The van der Waals surface area contributed by atoms with Crippen LogP contribution < -0.4 is 10.9 Å². The highest BCUT2D eigenvalue weighted by molar-refractivity contribution is 6.32. The largest absolute Gasteiger partial charge is 0.505 e. The first-order valence-corrected chi connectivity index (χ1v) is 12.7. The van der Waals surface area contributed by atoms with Gasteiger partial charge in [-0.1, -0.05) is 24.3 Å². The van der Waals surface area contributed by atoms with E-state index in [-0.39, 0.29) is 33.6 Å². The molecule has 4 rings (SSSR count). The lowest BCUT2D eigenvalue weighted by atomic mass is 10.0. The maximum absolute atomic E-state index is 12.0. The molecular formula is C30H20N4O12. The highest BCUT2D eigenvalue weighted by Gasteiger charge is 2.26. The first-order valence-electron chi connectivity index (χ1n) is 12.7. The molecule has 0 unspecified atom stereocenters. The summed E-state index contributed by atoms with van der Waals surface area (Å²) in [5.41, 5.74) is 2.68. The molecule has 0 fully saturated rings. The van der Waals surface area contributed by atoms with Crippen molar-refractivity contribution in [1.82, 2.24) is 0 Å². The van der Waals surface area contributed by atoms with Gasteiger partial charge in [0, 0.05) is 24.3 Å². The number of hydrazone groups is 2. The number of aliphatic hydroxyl groups is 2. The fourth-order valence-corrected chi connectivity index (χ4v) is 4.08. The number of nitrogens with zero attached hydrogens (tertiary/aromatic N) is 2. The lowest BCUT2D eigenvalue weighted by Crippen LogP contribution is -2.21. The summed E-state index contributed by atoms with van der Waals surface area (Å²) in [5.74, 6) is -8.73. The number of rotatable bonds is 10. The highest BCUT2D eigenvalue weighted by Crippen LogP contribution is 2.23. The molecule has 232 valence electrons. The van der Waals surface area contributed by atoms with Gasteiger partial charge in [-0.05, 0) is 35.4 Å². The monoisotopic (exact) mass is 628 g/mol. The smallest absolute Gasteiger partial charge is 0.338 e. The topological polar surface area (TPSA) is 273 Å². The van der Waals surface area contributed by atoms with Gasteiger partial charge in [-0.25, -0.2) is 19.2 Å². The van der Waals surface area contributed by atoms with E-state index in [4.69, 9.17) is 0 Å². The Morgan fingerprint density at radius 3 is 1.26 bits per heavy atom. The zero-order chi connectivity index (χ0) is 33.7. The number of aliphatic hydroxyl groups excluding tert-OH is 2. The van der Waals surface area contributed by atoms with Crippen LogP contribution in [0.2, 0.25) is 0 Å². The van der Waals surface area contributed by atoms with Crippen molar-refractivity contribution in [3.63, 3.8) is 0 Å². The van der Waals surface area contributed by atoms with E-state index in [2.05, 4.69) is 21.1 Å². The van der Waals surface area contributed by atoms with Crippen molar-refractivity contribution in [2.75, 3.05) is 10.9 Å². The van der Waals surface area contributed by atoms with Gasteiger partial charge in [0.05, 0.1) is 33.6 Å². The van der Waals surface area contributed by atoms with Gasteiger partial charge in [-0.15, -0.1) is 0 Å². The van der Waals surface area contributed by atoms with Gasteiger partial charge in [-0.2, -0.15) is 10.2 Å². The molecule has 0 spiro atoms. The third-order valence-corrected chi connectivity index (χ3v) is 6.19. The number of aromatic carboxylic acids is 2. The van der Waals surface area contributed by atoms with Crippen LogP contribution in [-0.4, -0.2) is 77.5 Å². The van der Waals surface area contributed by atoms with Crippen molar-refractivity contribution in [2.24, 2.45) is 10.2 Å². The summed E-state index contributed by atoms with van der Waals surface area (Å²) in [5, 5.41) is 65.7. The molecule has 8 N–H and O–H groups in total. The molecule has 2 aromatic rings. The number of allylic oxidation sites excluding steroid dienone is 6. The van der Waals surface area contributed by atoms with E-state index in [1.807, 2.05) is 0 Å². The summed E-state index contributed by atoms with van der Waals surface area (Å²) in [6.45, 7) is 0. The van der Waals surface area contributed by atoms with Crippen molar-refractivity contribution in [3.05, 3.63) is 106 Å². The minimum absolute atomic E-state index is 0.0730. The molecule has 16 heteroatoms. The molecule has 0 aliphatic heterocycles. The Bertz CT molecular complexity index is 1820. The third kappa shape index (κ3) is 7.09. The van der Waals surface area contributed by atoms with Crippen LogP contribution in [-0.2, 0) is 19.2 Å². The summed E-state index contributed by atoms with van der Waals surface area (Å²) in [6, 6.07) is 7.76. The SMILES string of the molecule is O=C1C=C(O)/C(=N\Nc2ccc(/C=C/c3ccc(N/N=C4\C(O)=CC(=O)C=C4C(=O)O)cc3C(=O)O)c(C(=O)O)c2)C(C(=O)O)=C1. The Hall–Kier alpha value is -7.10. The first-order chi connectivity index (χ1) is 21.7. The van der Waals surface area contributed by atoms with Crippen LogP contribution in [0.4, 0.5) is 11.4 Å². The second-order valence-corrected chi connectivity index (χ2v) is 9.28. The normalized spacial score (nSPS) is 16.4. The van der Waals surface area contributed by atoms with Gasteiger partial charge in [-0.3, -0.25) is 20.4 Å². The second kappa shape index (κ2) is 13.0. The molecule has 2 aliphatic rings. The number of hydrogen-bond donors (Lipinski definition) is 8. The maximum Gasteiger partial charge on any atom is 0.338 e. The number of ketones is 2. The Kier molecular flexibility index (Phi) is 9.02.